The highest BCUT2D eigenvalue weighted by Gasteiger charge is 2.31. The Bertz CT molecular complexity index is 1150. The van der Waals surface area contributed by atoms with Crippen LogP contribution < -0.4 is 0 Å². The second-order valence-corrected chi connectivity index (χ2v) is 9.35. The van der Waals surface area contributed by atoms with E-state index in [1.165, 1.54) is 12.8 Å². The Kier molecular flexibility index (Phi) is 5.43. The van der Waals surface area contributed by atoms with Gasteiger partial charge in [-0.3, -0.25) is 9.59 Å². The molecule has 2 saturated carbocycles. The third-order valence-electron chi connectivity index (χ3n) is 7.12. The summed E-state index contributed by atoms with van der Waals surface area (Å²) in [6, 6.07) is 12.4. The summed E-state index contributed by atoms with van der Waals surface area (Å²) in [6.07, 6.45) is 5.07. The molecular formula is C27H32N2O2. The Labute approximate surface area is 184 Å². The standard InChI is InChI=1S/C27H32N2O2/c1-3-28(4-2)13-14-29-24-11-9-20(26(30)15-18-5-6-18)16-22(24)23-17-21(10-12-25(23)29)27(31)19-7-8-19/h9-12,16-19H,3-8,13-15H2,1-2H3. The first kappa shape index (κ1) is 20.4. The molecule has 162 valence electrons. The van der Waals surface area contributed by atoms with E-state index in [-0.39, 0.29) is 17.5 Å². The average molecular weight is 417 g/mol. The number of hydrogen-bond donors (Lipinski definition) is 0. The lowest BCUT2D eigenvalue weighted by Crippen LogP contribution is -2.26. The van der Waals surface area contributed by atoms with Gasteiger partial charge in [0.05, 0.1) is 0 Å². The zero-order valence-electron chi connectivity index (χ0n) is 18.7. The maximum atomic E-state index is 12.8. The van der Waals surface area contributed by atoms with Gasteiger partial charge in [-0.15, -0.1) is 0 Å². The highest BCUT2D eigenvalue weighted by atomic mass is 16.1. The number of aromatic nitrogens is 1. The van der Waals surface area contributed by atoms with Crippen LogP contribution >= 0.6 is 0 Å². The molecule has 2 fully saturated rings. The molecule has 0 radical (unpaired) electrons. The maximum Gasteiger partial charge on any atom is 0.165 e. The number of nitrogens with zero attached hydrogens (tertiary/aromatic N) is 2. The van der Waals surface area contributed by atoms with E-state index in [1.807, 2.05) is 12.1 Å². The second-order valence-electron chi connectivity index (χ2n) is 9.35. The third-order valence-corrected chi connectivity index (χ3v) is 7.12. The number of ketones is 2. The van der Waals surface area contributed by atoms with E-state index >= 15 is 0 Å². The van der Waals surface area contributed by atoms with Crippen molar-refractivity contribution < 1.29 is 9.59 Å². The largest absolute Gasteiger partial charge is 0.339 e. The molecule has 3 aromatic rings. The molecule has 5 rings (SSSR count). The van der Waals surface area contributed by atoms with Gasteiger partial charge in [0, 0.05) is 58.4 Å². The summed E-state index contributed by atoms with van der Waals surface area (Å²) in [7, 11) is 0. The monoisotopic (exact) mass is 416 g/mol. The van der Waals surface area contributed by atoms with E-state index in [0.29, 0.717) is 12.3 Å². The van der Waals surface area contributed by atoms with Gasteiger partial charge in [0.1, 0.15) is 0 Å². The molecule has 0 aliphatic heterocycles. The number of carbonyl (C=O) groups excluding carboxylic acids is 2. The van der Waals surface area contributed by atoms with Gasteiger partial charge >= 0.3 is 0 Å². The van der Waals surface area contributed by atoms with Crippen molar-refractivity contribution in [2.75, 3.05) is 19.6 Å². The zero-order chi connectivity index (χ0) is 21.5. The van der Waals surface area contributed by atoms with E-state index in [1.54, 1.807) is 0 Å². The summed E-state index contributed by atoms with van der Waals surface area (Å²) >= 11 is 0. The fourth-order valence-corrected chi connectivity index (χ4v) is 4.74. The smallest absolute Gasteiger partial charge is 0.165 e. The molecule has 0 amide bonds. The molecule has 2 aromatic carbocycles. The van der Waals surface area contributed by atoms with Crippen LogP contribution in [0.2, 0.25) is 0 Å². The van der Waals surface area contributed by atoms with E-state index in [2.05, 4.69) is 47.6 Å². The molecule has 0 saturated heterocycles. The lowest BCUT2D eigenvalue weighted by Gasteiger charge is -2.19. The summed E-state index contributed by atoms with van der Waals surface area (Å²) in [4.78, 5) is 27.9. The normalized spacial score (nSPS) is 16.5. The fourth-order valence-electron chi connectivity index (χ4n) is 4.74. The molecule has 31 heavy (non-hydrogen) atoms. The van der Waals surface area contributed by atoms with Gasteiger partial charge in [0.25, 0.3) is 0 Å². The van der Waals surface area contributed by atoms with Crippen molar-refractivity contribution in [3.8, 4) is 0 Å². The van der Waals surface area contributed by atoms with Crippen molar-refractivity contribution >= 4 is 33.4 Å². The highest BCUT2D eigenvalue weighted by molar-refractivity contribution is 6.13. The van der Waals surface area contributed by atoms with Crippen LogP contribution in [0, 0.1) is 11.8 Å². The predicted molar refractivity (Wildman–Crippen MR) is 126 cm³/mol. The minimum Gasteiger partial charge on any atom is -0.339 e. The van der Waals surface area contributed by atoms with Crippen molar-refractivity contribution in [3.05, 3.63) is 47.5 Å². The Balaban J connectivity index is 1.59. The first-order chi connectivity index (χ1) is 15.1. The van der Waals surface area contributed by atoms with Gasteiger partial charge in [-0.2, -0.15) is 0 Å². The molecule has 0 bridgehead atoms. The summed E-state index contributed by atoms with van der Waals surface area (Å²) in [5, 5.41) is 2.20. The van der Waals surface area contributed by atoms with Gasteiger partial charge in [-0.1, -0.05) is 13.8 Å². The van der Waals surface area contributed by atoms with E-state index in [0.717, 1.165) is 72.0 Å². The van der Waals surface area contributed by atoms with E-state index < -0.39 is 0 Å². The Morgan fingerprint density at radius 3 is 2.10 bits per heavy atom. The topological polar surface area (TPSA) is 42.3 Å². The van der Waals surface area contributed by atoms with Gasteiger partial charge in [0.2, 0.25) is 0 Å². The van der Waals surface area contributed by atoms with Crippen LogP contribution in [0.3, 0.4) is 0 Å². The summed E-state index contributed by atoms with van der Waals surface area (Å²) < 4.78 is 2.36. The molecule has 0 spiro atoms. The van der Waals surface area contributed by atoms with Gasteiger partial charge in [-0.25, -0.2) is 0 Å². The SMILES string of the molecule is CCN(CC)CCn1c2ccc(C(=O)CC3CC3)cc2c2cc(C(=O)C3CC3)ccc21. The van der Waals surface area contributed by atoms with Crippen LogP contribution in [0.15, 0.2) is 36.4 Å². The molecule has 1 heterocycles. The van der Waals surface area contributed by atoms with Gasteiger partial charge < -0.3 is 9.47 Å². The van der Waals surface area contributed by atoms with Gasteiger partial charge in [0.15, 0.2) is 11.6 Å². The minimum atomic E-state index is 0.212. The number of rotatable bonds is 10. The summed E-state index contributed by atoms with van der Waals surface area (Å²) in [5.74, 6) is 1.32. The van der Waals surface area contributed by atoms with E-state index in [4.69, 9.17) is 0 Å². The molecular weight excluding hydrogens is 384 g/mol. The third kappa shape index (κ3) is 4.06. The molecule has 2 aliphatic carbocycles. The lowest BCUT2D eigenvalue weighted by molar-refractivity contribution is 0.0963. The van der Waals surface area contributed by atoms with Crippen molar-refractivity contribution in [3.63, 3.8) is 0 Å². The molecule has 4 heteroatoms. The Hall–Kier alpha value is -2.46. The lowest BCUT2D eigenvalue weighted by atomic mass is 10.0. The fraction of sp³-hybridized carbons (Fsp3) is 0.481. The number of likely N-dealkylation sites (N-methyl/N-ethyl adjacent to an activating group) is 1. The number of benzene rings is 2. The number of hydrogen-bond acceptors (Lipinski definition) is 3. The van der Waals surface area contributed by atoms with Crippen LogP contribution in [0.4, 0.5) is 0 Å². The Morgan fingerprint density at radius 1 is 0.903 bits per heavy atom. The van der Waals surface area contributed by atoms with Crippen LogP contribution in [-0.2, 0) is 6.54 Å². The van der Waals surface area contributed by atoms with Crippen molar-refractivity contribution in [2.45, 2.75) is 52.5 Å². The quantitative estimate of drug-likeness (QED) is 0.398. The molecule has 2 aliphatic rings. The van der Waals surface area contributed by atoms with Crippen LogP contribution in [-0.4, -0.2) is 40.7 Å². The Morgan fingerprint density at radius 2 is 1.52 bits per heavy atom. The molecule has 1 aromatic heterocycles. The summed E-state index contributed by atoms with van der Waals surface area (Å²) in [5.41, 5.74) is 3.93. The number of Topliss-reactive ketones (excluding diaryl/α,β-unsaturated/α-hetero) is 2. The highest BCUT2D eigenvalue weighted by Crippen LogP contribution is 2.37. The molecule has 4 nitrogen and oxygen atoms in total. The molecule has 0 unspecified atom stereocenters. The molecule has 0 N–H and O–H groups in total. The van der Waals surface area contributed by atoms with Crippen molar-refractivity contribution in [2.24, 2.45) is 11.8 Å². The average Bonchev–Trinajstić information content (AvgIpc) is 3.72. The van der Waals surface area contributed by atoms with Crippen LogP contribution in [0.25, 0.3) is 21.8 Å². The van der Waals surface area contributed by atoms with E-state index in [9.17, 15) is 9.59 Å². The maximum absolute atomic E-state index is 12.8. The second kappa shape index (κ2) is 8.23. The first-order valence-electron chi connectivity index (χ1n) is 11.9. The van der Waals surface area contributed by atoms with Crippen LogP contribution in [0.5, 0.6) is 0 Å². The van der Waals surface area contributed by atoms with Gasteiger partial charge in [-0.05, 0) is 81.1 Å². The summed E-state index contributed by atoms with van der Waals surface area (Å²) in [6.45, 7) is 8.34. The van der Waals surface area contributed by atoms with Crippen molar-refractivity contribution in [1.29, 1.82) is 0 Å². The minimum absolute atomic E-state index is 0.212. The zero-order valence-corrected chi connectivity index (χ0v) is 18.7. The number of fused-ring (bicyclic) bond motifs is 3. The van der Waals surface area contributed by atoms with Crippen molar-refractivity contribution in [1.82, 2.24) is 9.47 Å². The first-order valence-corrected chi connectivity index (χ1v) is 11.9. The number of carbonyl (C=O) groups is 2. The molecule has 0 atom stereocenters. The van der Waals surface area contributed by atoms with Crippen LogP contribution in [0.1, 0.15) is 66.7 Å². The predicted octanol–water partition coefficient (Wildman–Crippen LogP) is 5.71.